The van der Waals surface area contributed by atoms with Gasteiger partial charge in [0.2, 0.25) is 0 Å². The molecule has 4 N–H and O–H groups in total. The number of nitrogens with two attached hydrogens (primary N) is 1. The number of anilines is 1. The summed E-state index contributed by atoms with van der Waals surface area (Å²) in [7, 11) is 0. The van der Waals surface area contributed by atoms with Crippen LogP contribution in [0.5, 0.6) is 0 Å². The lowest BCUT2D eigenvalue weighted by atomic mass is 9.91. The Hall–Kier alpha value is -1.55. The Morgan fingerprint density at radius 2 is 2.06 bits per heavy atom. The minimum atomic E-state index is 0.399. The molecule has 2 aromatic rings. The van der Waals surface area contributed by atoms with Gasteiger partial charge in [0, 0.05) is 17.5 Å². The number of benzene rings is 1. The van der Waals surface area contributed by atoms with Crippen molar-refractivity contribution in [2.75, 3.05) is 5.32 Å². The zero-order valence-corrected chi connectivity index (χ0v) is 9.82. The molecule has 0 amide bonds. The minimum Gasteiger partial charge on any atom is -0.381 e. The molecule has 4 nitrogen and oxygen atoms in total. The molecule has 0 unspecified atom stereocenters. The second-order valence-corrected chi connectivity index (χ2v) is 4.90. The van der Waals surface area contributed by atoms with Crippen LogP contribution < -0.4 is 11.1 Å². The maximum absolute atomic E-state index is 5.92. The molecule has 1 heterocycles. The fourth-order valence-corrected chi connectivity index (χ4v) is 2.57. The van der Waals surface area contributed by atoms with Crippen molar-refractivity contribution >= 4 is 16.6 Å². The van der Waals surface area contributed by atoms with E-state index in [4.69, 9.17) is 5.73 Å². The average molecular weight is 230 g/mol. The molecular weight excluding hydrogens is 212 g/mol. The van der Waals surface area contributed by atoms with Gasteiger partial charge in [0.1, 0.15) is 0 Å². The van der Waals surface area contributed by atoms with E-state index < -0.39 is 0 Å². The van der Waals surface area contributed by atoms with Crippen LogP contribution in [0.1, 0.15) is 25.7 Å². The van der Waals surface area contributed by atoms with Crippen LogP contribution >= 0.6 is 0 Å². The number of rotatable bonds is 2. The standard InChI is InChI=1S/C13H18N4/c14-10-4-6-11(7-5-10)16-12-3-1-2-9-8-15-17-13(9)12/h1-3,8,10-11,16H,4-7,14H2,(H,15,17). The molecule has 0 saturated heterocycles. The lowest BCUT2D eigenvalue weighted by Gasteiger charge is -2.27. The molecule has 1 aromatic heterocycles. The number of H-pyrrole nitrogens is 1. The van der Waals surface area contributed by atoms with Gasteiger partial charge in [0.25, 0.3) is 0 Å². The molecule has 0 radical (unpaired) electrons. The van der Waals surface area contributed by atoms with E-state index in [2.05, 4.69) is 33.7 Å². The molecule has 1 saturated carbocycles. The van der Waals surface area contributed by atoms with Crippen molar-refractivity contribution in [2.45, 2.75) is 37.8 Å². The first kappa shape index (κ1) is 10.6. The van der Waals surface area contributed by atoms with E-state index in [9.17, 15) is 0 Å². The largest absolute Gasteiger partial charge is 0.381 e. The quantitative estimate of drug-likeness (QED) is 0.741. The van der Waals surface area contributed by atoms with Crippen molar-refractivity contribution in [1.29, 1.82) is 0 Å². The van der Waals surface area contributed by atoms with E-state index >= 15 is 0 Å². The highest BCUT2D eigenvalue weighted by molar-refractivity contribution is 5.89. The fourth-order valence-electron chi connectivity index (χ4n) is 2.57. The van der Waals surface area contributed by atoms with E-state index in [1.54, 1.807) is 0 Å². The maximum Gasteiger partial charge on any atom is 0.0881 e. The summed E-state index contributed by atoms with van der Waals surface area (Å²) in [6.07, 6.45) is 6.42. The monoisotopic (exact) mass is 230 g/mol. The van der Waals surface area contributed by atoms with Gasteiger partial charge in [-0.15, -0.1) is 0 Å². The molecular formula is C13H18N4. The van der Waals surface area contributed by atoms with Gasteiger partial charge in [-0.05, 0) is 31.7 Å². The number of nitrogens with one attached hydrogen (secondary N) is 2. The highest BCUT2D eigenvalue weighted by Gasteiger charge is 2.18. The van der Waals surface area contributed by atoms with Gasteiger partial charge in [0.15, 0.2) is 0 Å². The third-order valence-electron chi connectivity index (χ3n) is 3.61. The molecule has 90 valence electrons. The van der Waals surface area contributed by atoms with Gasteiger partial charge in [-0.1, -0.05) is 12.1 Å². The van der Waals surface area contributed by atoms with Crippen LogP contribution in [-0.4, -0.2) is 22.3 Å². The molecule has 0 atom stereocenters. The van der Waals surface area contributed by atoms with Crippen LogP contribution in [0.15, 0.2) is 24.4 Å². The summed E-state index contributed by atoms with van der Waals surface area (Å²) in [5, 5.41) is 11.9. The van der Waals surface area contributed by atoms with E-state index in [-0.39, 0.29) is 0 Å². The van der Waals surface area contributed by atoms with Crippen LogP contribution in [0.2, 0.25) is 0 Å². The summed E-state index contributed by atoms with van der Waals surface area (Å²) in [4.78, 5) is 0. The summed E-state index contributed by atoms with van der Waals surface area (Å²) < 4.78 is 0. The zero-order chi connectivity index (χ0) is 11.7. The first-order chi connectivity index (χ1) is 8.33. The Labute approximate surface area is 101 Å². The SMILES string of the molecule is NC1CCC(Nc2cccc3cn[nH]c23)CC1. The fraction of sp³-hybridized carbons (Fsp3) is 0.462. The number of fused-ring (bicyclic) bond motifs is 1. The van der Waals surface area contributed by atoms with Crippen LogP contribution in [0.3, 0.4) is 0 Å². The van der Waals surface area contributed by atoms with Crippen LogP contribution in [0, 0.1) is 0 Å². The summed E-state index contributed by atoms with van der Waals surface area (Å²) >= 11 is 0. The summed E-state index contributed by atoms with van der Waals surface area (Å²) in [6.45, 7) is 0. The summed E-state index contributed by atoms with van der Waals surface area (Å²) in [5.74, 6) is 0. The molecule has 17 heavy (non-hydrogen) atoms. The topological polar surface area (TPSA) is 66.7 Å². The van der Waals surface area contributed by atoms with Gasteiger partial charge in [-0.3, -0.25) is 5.10 Å². The maximum atomic E-state index is 5.92. The molecule has 3 rings (SSSR count). The van der Waals surface area contributed by atoms with Crippen molar-refractivity contribution in [3.63, 3.8) is 0 Å². The van der Waals surface area contributed by atoms with Crippen molar-refractivity contribution < 1.29 is 0 Å². The van der Waals surface area contributed by atoms with E-state index in [0.717, 1.165) is 42.3 Å². The Bertz CT molecular complexity index is 497. The van der Waals surface area contributed by atoms with E-state index in [1.807, 2.05) is 6.20 Å². The molecule has 1 aromatic carbocycles. The summed E-state index contributed by atoms with van der Waals surface area (Å²) in [5.41, 5.74) is 8.17. The number of hydrogen-bond acceptors (Lipinski definition) is 3. The Morgan fingerprint density at radius 3 is 2.88 bits per heavy atom. The van der Waals surface area contributed by atoms with Gasteiger partial charge in [-0.2, -0.15) is 5.10 Å². The predicted molar refractivity (Wildman–Crippen MR) is 69.9 cm³/mol. The van der Waals surface area contributed by atoms with Gasteiger partial charge in [-0.25, -0.2) is 0 Å². The molecule has 0 aliphatic heterocycles. The van der Waals surface area contributed by atoms with Crippen LogP contribution in [0.25, 0.3) is 10.9 Å². The normalized spacial score (nSPS) is 25.0. The van der Waals surface area contributed by atoms with Crippen LogP contribution in [0.4, 0.5) is 5.69 Å². The van der Waals surface area contributed by atoms with Gasteiger partial charge >= 0.3 is 0 Å². The number of hydrogen-bond donors (Lipinski definition) is 3. The summed E-state index contributed by atoms with van der Waals surface area (Å²) in [6, 6.07) is 7.18. The third-order valence-corrected chi connectivity index (χ3v) is 3.61. The third kappa shape index (κ3) is 2.13. The predicted octanol–water partition coefficient (Wildman–Crippen LogP) is 2.24. The average Bonchev–Trinajstić information content (AvgIpc) is 2.81. The van der Waals surface area contributed by atoms with Gasteiger partial charge < -0.3 is 11.1 Å². The molecule has 1 aliphatic carbocycles. The Kier molecular flexibility index (Phi) is 2.73. The molecule has 0 bridgehead atoms. The Balaban J connectivity index is 1.78. The lowest BCUT2D eigenvalue weighted by Crippen LogP contribution is -2.32. The van der Waals surface area contributed by atoms with Crippen molar-refractivity contribution in [3.05, 3.63) is 24.4 Å². The zero-order valence-electron chi connectivity index (χ0n) is 9.82. The number of aromatic nitrogens is 2. The number of aromatic amines is 1. The number of nitrogens with zero attached hydrogens (tertiary/aromatic N) is 1. The molecule has 4 heteroatoms. The molecule has 1 aliphatic rings. The second-order valence-electron chi connectivity index (χ2n) is 4.90. The van der Waals surface area contributed by atoms with Crippen molar-refractivity contribution in [3.8, 4) is 0 Å². The number of para-hydroxylation sites is 1. The minimum absolute atomic E-state index is 0.399. The van der Waals surface area contributed by atoms with Gasteiger partial charge in [0.05, 0.1) is 17.4 Å². The van der Waals surface area contributed by atoms with Crippen molar-refractivity contribution in [1.82, 2.24) is 10.2 Å². The van der Waals surface area contributed by atoms with Crippen LogP contribution in [-0.2, 0) is 0 Å². The smallest absolute Gasteiger partial charge is 0.0881 e. The molecule has 1 fully saturated rings. The highest BCUT2D eigenvalue weighted by Crippen LogP contribution is 2.25. The van der Waals surface area contributed by atoms with Crippen molar-refractivity contribution in [2.24, 2.45) is 5.73 Å². The van der Waals surface area contributed by atoms with E-state index in [1.165, 1.54) is 0 Å². The molecule has 0 spiro atoms. The first-order valence-corrected chi connectivity index (χ1v) is 6.27. The first-order valence-electron chi connectivity index (χ1n) is 6.27. The Morgan fingerprint density at radius 1 is 1.24 bits per heavy atom. The van der Waals surface area contributed by atoms with E-state index in [0.29, 0.717) is 12.1 Å². The highest BCUT2D eigenvalue weighted by atomic mass is 15.1. The lowest BCUT2D eigenvalue weighted by molar-refractivity contribution is 0.411. The second kappa shape index (κ2) is 4.37.